The Balaban J connectivity index is 2.88. The van der Waals surface area contributed by atoms with Crippen molar-refractivity contribution in [3.8, 4) is 5.75 Å². The SMILES string of the molecule is C=C(C)COc1ccc(C(C)(C)O)cc1Cl. The van der Waals surface area contributed by atoms with Crippen LogP contribution >= 0.6 is 11.6 Å². The van der Waals surface area contributed by atoms with Crippen molar-refractivity contribution < 1.29 is 9.84 Å². The molecule has 1 aromatic carbocycles. The largest absolute Gasteiger partial charge is 0.488 e. The van der Waals surface area contributed by atoms with E-state index in [4.69, 9.17) is 16.3 Å². The van der Waals surface area contributed by atoms with Crippen LogP contribution in [-0.2, 0) is 5.60 Å². The van der Waals surface area contributed by atoms with E-state index in [-0.39, 0.29) is 0 Å². The average Bonchev–Trinajstić information content (AvgIpc) is 2.14. The van der Waals surface area contributed by atoms with Gasteiger partial charge < -0.3 is 9.84 Å². The van der Waals surface area contributed by atoms with Crippen LogP contribution in [0.4, 0.5) is 0 Å². The summed E-state index contributed by atoms with van der Waals surface area (Å²) in [5.41, 5.74) is 0.805. The first-order valence-corrected chi connectivity index (χ1v) is 5.48. The molecule has 0 heterocycles. The van der Waals surface area contributed by atoms with Gasteiger partial charge in [0, 0.05) is 0 Å². The van der Waals surface area contributed by atoms with Crippen molar-refractivity contribution in [3.05, 3.63) is 40.9 Å². The average molecular weight is 241 g/mol. The van der Waals surface area contributed by atoms with Crippen molar-refractivity contribution in [1.82, 2.24) is 0 Å². The first-order valence-electron chi connectivity index (χ1n) is 5.10. The zero-order valence-corrected chi connectivity index (χ0v) is 10.6. The summed E-state index contributed by atoms with van der Waals surface area (Å²) in [6, 6.07) is 5.29. The minimum absolute atomic E-state index is 0.446. The van der Waals surface area contributed by atoms with Crippen molar-refractivity contribution in [1.29, 1.82) is 0 Å². The number of halogens is 1. The summed E-state index contributed by atoms with van der Waals surface area (Å²) < 4.78 is 5.45. The van der Waals surface area contributed by atoms with Gasteiger partial charge in [0.05, 0.1) is 10.6 Å². The predicted octanol–water partition coefficient (Wildman–Crippen LogP) is 3.52. The molecule has 0 atom stereocenters. The van der Waals surface area contributed by atoms with E-state index in [1.807, 2.05) is 6.92 Å². The monoisotopic (exact) mass is 240 g/mol. The Kier molecular flexibility index (Phi) is 4.00. The quantitative estimate of drug-likeness (QED) is 0.816. The molecule has 0 bridgehead atoms. The van der Waals surface area contributed by atoms with Gasteiger partial charge in [0.15, 0.2) is 0 Å². The first-order chi connectivity index (χ1) is 7.30. The third-order valence-corrected chi connectivity index (χ3v) is 2.41. The molecule has 0 saturated carbocycles. The Morgan fingerprint density at radius 3 is 2.56 bits per heavy atom. The third-order valence-electron chi connectivity index (χ3n) is 2.11. The molecule has 3 heteroatoms. The van der Waals surface area contributed by atoms with Crippen LogP contribution in [0.2, 0.25) is 5.02 Å². The van der Waals surface area contributed by atoms with E-state index in [9.17, 15) is 5.11 Å². The predicted molar refractivity (Wildman–Crippen MR) is 67.0 cm³/mol. The van der Waals surface area contributed by atoms with Gasteiger partial charge in [0.2, 0.25) is 0 Å². The normalized spacial score (nSPS) is 11.3. The van der Waals surface area contributed by atoms with Crippen LogP contribution in [-0.4, -0.2) is 11.7 Å². The van der Waals surface area contributed by atoms with Gasteiger partial charge in [-0.2, -0.15) is 0 Å². The van der Waals surface area contributed by atoms with E-state index >= 15 is 0 Å². The van der Waals surface area contributed by atoms with Crippen molar-refractivity contribution in [3.63, 3.8) is 0 Å². The van der Waals surface area contributed by atoms with Crippen LogP contribution in [0.25, 0.3) is 0 Å². The number of aliphatic hydroxyl groups is 1. The highest BCUT2D eigenvalue weighted by Gasteiger charge is 2.17. The van der Waals surface area contributed by atoms with Crippen LogP contribution in [0.5, 0.6) is 5.75 Å². The summed E-state index contributed by atoms with van der Waals surface area (Å²) in [6.45, 7) is 9.51. The zero-order chi connectivity index (χ0) is 12.3. The summed E-state index contributed by atoms with van der Waals surface area (Å²) >= 11 is 6.05. The maximum atomic E-state index is 9.81. The van der Waals surface area contributed by atoms with Crippen LogP contribution in [0.3, 0.4) is 0 Å². The van der Waals surface area contributed by atoms with Gasteiger partial charge in [-0.25, -0.2) is 0 Å². The van der Waals surface area contributed by atoms with E-state index in [2.05, 4.69) is 6.58 Å². The second-order valence-electron chi connectivity index (χ2n) is 4.45. The van der Waals surface area contributed by atoms with Gasteiger partial charge in [-0.15, -0.1) is 0 Å². The van der Waals surface area contributed by atoms with E-state index in [0.717, 1.165) is 11.1 Å². The van der Waals surface area contributed by atoms with Gasteiger partial charge in [0.25, 0.3) is 0 Å². The van der Waals surface area contributed by atoms with Crippen LogP contribution in [0.1, 0.15) is 26.3 Å². The molecule has 0 fully saturated rings. The number of hydrogen-bond donors (Lipinski definition) is 1. The Hall–Kier alpha value is -0.990. The molecule has 88 valence electrons. The minimum Gasteiger partial charge on any atom is -0.488 e. The van der Waals surface area contributed by atoms with Crippen molar-refractivity contribution >= 4 is 11.6 Å². The van der Waals surface area contributed by atoms with Crippen LogP contribution in [0.15, 0.2) is 30.4 Å². The lowest BCUT2D eigenvalue weighted by Gasteiger charge is -2.19. The van der Waals surface area contributed by atoms with Crippen molar-refractivity contribution in [2.45, 2.75) is 26.4 Å². The molecule has 1 rings (SSSR count). The van der Waals surface area contributed by atoms with E-state index < -0.39 is 5.60 Å². The summed E-state index contributed by atoms with van der Waals surface area (Å²) in [5, 5.41) is 10.3. The maximum Gasteiger partial charge on any atom is 0.138 e. The number of benzene rings is 1. The molecule has 16 heavy (non-hydrogen) atoms. The van der Waals surface area contributed by atoms with Gasteiger partial charge >= 0.3 is 0 Å². The van der Waals surface area contributed by atoms with Gasteiger partial charge in [-0.1, -0.05) is 24.2 Å². The van der Waals surface area contributed by atoms with E-state index in [0.29, 0.717) is 17.4 Å². The van der Waals surface area contributed by atoms with E-state index in [1.165, 1.54) is 0 Å². The topological polar surface area (TPSA) is 29.5 Å². The summed E-state index contributed by atoms with van der Waals surface area (Å²) in [6.07, 6.45) is 0. The second-order valence-corrected chi connectivity index (χ2v) is 4.86. The Morgan fingerprint density at radius 2 is 2.12 bits per heavy atom. The molecular weight excluding hydrogens is 224 g/mol. The lowest BCUT2D eigenvalue weighted by atomic mass is 9.98. The molecule has 2 nitrogen and oxygen atoms in total. The lowest BCUT2D eigenvalue weighted by molar-refractivity contribution is 0.0785. The third kappa shape index (κ3) is 3.54. The van der Waals surface area contributed by atoms with Crippen LogP contribution in [0, 0.1) is 0 Å². The van der Waals surface area contributed by atoms with Gasteiger partial charge in [-0.3, -0.25) is 0 Å². The zero-order valence-electron chi connectivity index (χ0n) is 9.88. The molecule has 0 radical (unpaired) electrons. The highest BCUT2D eigenvalue weighted by Crippen LogP contribution is 2.30. The highest BCUT2D eigenvalue weighted by molar-refractivity contribution is 6.32. The molecule has 0 aliphatic heterocycles. The van der Waals surface area contributed by atoms with E-state index in [1.54, 1.807) is 32.0 Å². The molecule has 0 spiro atoms. The summed E-state index contributed by atoms with van der Waals surface area (Å²) in [7, 11) is 0. The molecule has 0 amide bonds. The molecule has 0 unspecified atom stereocenters. The van der Waals surface area contributed by atoms with Crippen molar-refractivity contribution in [2.24, 2.45) is 0 Å². The summed E-state index contributed by atoms with van der Waals surface area (Å²) in [5.74, 6) is 0.609. The van der Waals surface area contributed by atoms with Crippen LogP contribution < -0.4 is 4.74 Å². The summed E-state index contributed by atoms with van der Waals surface area (Å²) in [4.78, 5) is 0. The smallest absolute Gasteiger partial charge is 0.138 e. The lowest BCUT2D eigenvalue weighted by Crippen LogP contribution is -2.15. The molecule has 1 N–H and O–H groups in total. The fraction of sp³-hybridized carbons (Fsp3) is 0.385. The van der Waals surface area contributed by atoms with Crippen molar-refractivity contribution in [2.75, 3.05) is 6.61 Å². The van der Waals surface area contributed by atoms with Gasteiger partial charge in [0.1, 0.15) is 12.4 Å². The molecule has 0 aliphatic carbocycles. The first kappa shape index (κ1) is 13.1. The fourth-order valence-corrected chi connectivity index (χ4v) is 1.43. The highest BCUT2D eigenvalue weighted by atomic mass is 35.5. The molecular formula is C13H17ClO2. The molecule has 1 aromatic rings. The number of rotatable bonds is 4. The molecule has 0 aliphatic rings. The second kappa shape index (κ2) is 4.89. The Labute approximate surface area is 102 Å². The number of ether oxygens (including phenoxy) is 1. The minimum atomic E-state index is -0.892. The Morgan fingerprint density at radius 1 is 1.50 bits per heavy atom. The Bertz CT molecular complexity index is 391. The maximum absolute atomic E-state index is 9.81. The molecule has 0 saturated heterocycles. The fourth-order valence-electron chi connectivity index (χ4n) is 1.20. The van der Waals surface area contributed by atoms with Gasteiger partial charge in [-0.05, 0) is 44.0 Å². The number of hydrogen-bond acceptors (Lipinski definition) is 2. The standard InChI is InChI=1S/C13H17ClO2/c1-9(2)8-16-12-6-5-10(7-11(12)14)13(3,4)15/h5-7,15H,1,8H2,2-4H3. The molecule has 0 aromatic heterocycles.